The van der Waals surface area contributed by atoms with Crippen LogP contribution < -0.4 is 4.72 Å². The quantitative estimate of drug-likeness (QED) is 0.832. The molecular formula is C14H25N3O3S. The fraction of sp³-hybridized carbons (Fsp3) is 0.786. The van der Waals surface area contributed by atoms with E-state index in [1.807, 2.05) is 18.4 Å². The molecule has 2 atom stereocenters. The lowest BCUT2D eigenvalue weighted by atomic mass is 9.86. The number of hydrogen-bond donors (Lipinski definition) is 2. The van der Waals surface area contributed by atoms with E-state index in [-0.39, 0.29) is 23.6 Å². The SMILES string of the molecule is CCCn1cc(S(=O)(=O)NC2CCCCC2CO)nc1C. The Bertz CT molecular complexity index is 568. The average Bonchev–Trinajstić information content (AvgIpc) is 2.82. The number of aliphatic hydroxyl groups is 1. The Morgan fingerprint density at radius 2 is 2.14 bits per heavy atom. The van der Waals surface area contributed by atoms with E-state index in [1.54, 1.807) is 6.20 Å². The summed E-state index contributed by atoms with van der Waals surface area (Å²) < 4.78 is 29.5. The maximum absolute atomic E-state index is 12.5. The van der Waals surface area contributed by atoms with Crippen molar-refractivity contribution in [1.82, 2.24) is 14.3 Å². The molecule has 1 aliphatic rings. The van der Waals surface area contributed by atoms with Gasteiger partial charge in [-0.05, 0) is 32.1 Å². The summed E-state index contributed by atoms with van der Waals surface area (Å²) in [5.41, 5.74) is 0. The van der Waals surface area contributed by atoms with Crippen LogP contribution in [0.5, 0.6) is 0 Å². The van der Waals surface area contributed by atoms with Gasteiger partial charge >= 0.3 is 0 Å². The zero-order valence-corrected chi connectivity index (χ0v) is 13.6. The molecule has 21 heavy (non-hydrogen) atoms. The molecule has 0 spiro atoms. The van der Waals surface area contributed by atoms with Gasteiger partial charge in [-0.15, -0.1) is 0 Å². The van der Waals surface area contributed by atoms with Crippen molar-refractivity contribution in [2.24, 2.45) is 5.92 Å². The third-order valence-electron chi connectivity index (χ3n) is 4.14. The maximum atomic E-state index is 12.5. The van der Waals surface area contributed by atoms with Crippen LogP contribution in [0.3, 0.4) is 0 Å². The molecule has 0 amide bonds. The molecule has 0 saturated heterocycles. The Balaban J connectivity index is 2.15. The third kappa shape index (κ3) is 3.84. The number of nitrogens with zero attached hydrogens (tertiary/aromatic N) is 2. The zero-order valence-electron chi connectivity index (χ0n) is 12.7. The van der Waals surface area contributed by atoms with Gasteiger partial charge in [0.2, 0.25) is 0 Å². The number of hydrogen-bond acceptors (Lipinski definition) is 4. The van der Waals surface area contributed by atoms with Crippen LogP contribution in [0.25, 0.3) is 0 Å². The number of imidazole rings is 1. The molecule has 0 bridgehead atoms. The number of aryl methyl sites for hydroxylation is 2. The number of sulfonamides is 1. The minimum atomic E-state index is -3.62. The Labute approximate surface area is 126 Å². The van der Waals surface area contributed by atoms with Crippen LogP contribution >= 0.6 is 0 Å². The second kappa shape index (κ2) is 6.89. The predicted octanol–water partition coefficient (Wildman–Crippen LogP) is 1.43. The zero-order chi connectivity index (χ0) is 15.5. The van der Waals surface area contributed by atoms with Crippen LogP contribution in [-0.4, -0.2) is 35.7 Å². The minimum Gasteiger partial charge on any atom is -0.396 e. The van der Waals surface area contributed by atoms with Crippen molar-refractivity contribution in [1.29, 1.82) is 0 Å². The molecule has 7 heteroatoms. The fourth-order valence-electron chi connectivity index (χ4n) is 2.92. The molecule has 0 aliphatic heterocycles. The molecule has 1 aromatic heterocycles. The van der Waals surface area contributed by atoms with Gasteiger partial charge in [0.1, 0.15) is 5.82 Å². The van der Waals surface area contributed by atoms with Crippen molar-refractivity contribution in [3.05, 3.63) is 12.0 Å². The Morgan fingerprint density at radius 3 is 2.81 bits per heavy atom. The van der Waals surface area contributed by atoms with Crippen molar-refractivity contribution < 1.29 is 13.5 Å². The molecule has 0 aromatic carbocycles. The standard InChI is InChI=1S/C14H25N3O3S/c1-3-8-17-9-14(15-11(17)2)21(19,20)16-13-7-5-4-6-12(13)10-18/h9,12-13,16,18H,3-8,10H2,1-2H3. The lowest BCUT2D eigenvalue weighted by Gasteiger charge is -2.30. The molecule has 2 rings (SSSR count). The Morgan fingerprint density at radius 1 is 1.43 bits per heavy atom. The van der Waals surface area contributed by atoms with Gasteiger partial charge in [-0.25, -0.2) is 18.1 Å². The van der Waals surface area contributed by atoms with Crippen molar-refractivity contribution in [3.63, 3.8) is 0 Å². The van der Waals surface area contributed by atoms with E-state index in [9.17, 15) is 13.5 Å². The third-order valence-corrected chi connectivity index (χ3v) is 5.50. The number of aliphatic hydroxyl groups excluding tert-OH is 1. The van der Waals surface area contributed by atoms with Crippen molar-refractivity contribution >= 4 is 10.0 Å². The van der Waals surface area contributed by atoms with E-state index in [0.29, 0.717) is 5.82 Å². The molecule has 1 aliphatic carbocycles. The summed E-state index contributed by atoms with van der Waals surface area (Å²) in [4.78, 5) is 4.17. The molecule has 2 unspecified atom stereocenters. The van der Waals surface area contributed by atoms with E-state index in [1.165, 1.54) is 0 Å². The minimum absolute atomic E-state index is 0.00681. The van der Waals surface area contributed by atoms with Crippen LogP contribution in [-0.2, 0) is 16.6 Å². The van der Waals surface area contributed by atoms with Gasteiger partial charge in [0.05, 0.1) is 0 Å². The fourth-order valence-corrected chi connectivity index (χ4v) is 4.26. The van der Waals surface area contributed by atoms with Gasteiger partial charge in [0.25, 0.3) is 10.0 Å². The van der Waals surface area contributed by atoms with Gasteiger partial charge in [0, 0.05) is 25.4 Å². The average molecular weight is 315 g/mol. The van der Waals surface area contributed by atoms with E-state index >= 15 is 0 Å². The molecule has 1 fully saturated rings. The smallest absolute Gasteiger partial charge is 0.259 e. The first-order chi connectivity index (χ1) is 9.97. The molecule has 1 saturated carbocycles. The highest BCUT2D eigenvalue weighted by Gasteiger charge is 2.30. The van der Waals surface area contributed by atoms with Crippen LogP contribution in [0.4, 0.5) is 0 Å². The summed E-state index contributed by atoms with van der Waals surface area (Å²) in [6.45, 7) is 4.64. The molecule has 0 radical (unpaired) electrons. The number of aromatic nitrogens is 2. The summed E-state index contributed by atoms with van der Waals surface area (Å²) in [6.07, 6.45) is 6.21. The summed E-state index contributed by atoms with van der Waals surface area (Å²) >= 11 is 0. The monoisotopic (exact) mass is 315 g/mol. The van der Waals surface area contributed by atoms with E-state index in [4.69, 9.17) is 0 Å². The maximum Gasteiger partial charge on any atom is 0.259 e. The highest BCUT2D eigenvalue weighted by molar-refractivity contribution is 7.89. The number of nitrogens with one attached hydrogen (secondary N) is 1. The predicted molar refractivity (Wildman–Crippen MR) is 80.4 cm³/mol. The molecule has 1 heterocycles. The second-order valence-corrected chi connectivity index (χ2v) is 7.44. The van der Waals surface area contributed by atoms with Crippen molar-refractivity contribution in [3.8, 4) is 0 Å². The summed E-state index contributed by atoms with van der Waals surface area (Å²) in [7, 11) is -3.62. The first kappa shape index (κ1) is 16.5. The molecule has 1 aromatic rings. The van der Waals surface area contributed by atoms with Gasteiger partial charge in [-0.1, -0.05) is 19.8 Å². The first-order valence-corrected chi connectivity index (χ1v) is 9.13. The van der Waals surface area contributed by atoms with Crippen LogP contribution in [0.1, 0.15) is 44.9 Å². The first-order valence-electron chi connectivity index (χ1n) is 7.65. The van der Waals surface area contributed by atoms with Crippen LogP contribution in [0.15, 0.2) is 11.2 Å². The molecular weight excluding hydrogens is 290 g/mol. The second-order valence-electron chi connectivity index (χ2n) is 5.77. The molecule has 6 nitrogen and oxygen atoms in total. The highest BCUT2D eigenvalue weighted by Crippen LogP contribution is 2.25. The van der Waals surface area contributed by atoms with Gasteiger partial charge in [-0.2, -0.15) is 0 Å². The van der Waals surface area contributed by atoms with Gasteiger partial charge < -0.3 is 9.67 Å². The van der Waals surface area contributed by atoms with E-state index < -0.39 is 10.0 Å². The molecule has 120 valence electrons. The van der Waals surface area contributed by atoms with Crippen molar-refractivity contribution in [2.45, 2.75) is 63.6 Å². The lowest BCUT2D eigenvalue weighted by Crippen LogP contribution is -2.43. The normalized spacial score (nSPS) is 23.4. The van der Waals surface area contributed by atoms with E-state index in [0.717, 1.165) is 38.6 Å². The van der Waals surface area contributed by atoms with Crippen molar-refractivity contribution in [2.75, 3.05) is 6.61 Å². The topological polar surface area (TPSA) is 84.2 Å². The summed E-state index contributed by atoms with van der Waals surface area (Å²) in [5.74, 6) is 0.715. The Hall–Kier alpha value is -0.920. The Kier molecular flexibility index (Phi) is 5.40. The summed E-state index contributed by atoms with van der Waals surface area (Å²) in [5, 5.41) is 9.47. The van der Waals surface area contributed by atoms with Crippen LogP contribution in [0, 0.1) is 12.8 Å². The van der Waals surface area contributed by atoms with Gasteiger partial charge in [-0.3, -0.25) is 0 Å². The number of rotatable bonds is 6. The summed E-state index contributed by atoms with van der Waals surface area (Å²) in [6, 6.07) is -0.189. The largest absolute Gasteiger partial charge is 0.396 e. The molecule has 2 N–H and O–H groups in total. The lowest BCUT2D eigenvalue weighted by molar-refractivity contribution is 0.164. The highest BCUT2D eigenvalue weighted by atomic mass is 32.2. The van der Waals surface area contributed by atoms with Gasteiger partial charge in [0.15, 0.2) is 5.03 Å². The van der Waals surface area contributed by atoms with Crippen LogP contribution in [0.2, 0.25) is 0 Å². The van der Waals surface area contributed by atoms with E-state index in [2.05, 4.69) is 9.71 Å².